The Labute approximate surface area is 141 Å². The van der Waals surface area contributed by atoms with E-state index in [4.69, 9.17) is 0 Å². The zero-order valence-electron chi connectivity index (χ0n) is 12.6. The van der Waals surface area contributed by atoms with Crippen molar-refractivity contribution in [2.45, 2.75) is 29.3 Å². The molecule has 0 aromatic heterocycles. The van der Waals surface area contributed by atoms with Crippen LogP contribution in [0.1, 0.15) is 11.1 Å². The van der Waals surface area contributed by atoms with E-state index in [0.717, 1.165) is 12.8 Å². The Morgan fingerprint density at radius 1 is 1.00 bits per heavy atom. The highest BCUT2D eigenvalue weighted by atomic mass is 32.2. The van der Waals surface area contributed by atoms with Gasteiger partial charge in [-0.05, 0) is 60.0 Å². The number of hydrogen-bond acceptors (Lipinski definition) is 2. The third-order valence-corrected chi connectivity index (χ3v) is 4.47. The number of anilines is 1. The zero-order valence-corrected chi connectivity index (χ0v) is 13.4. The molecule has 126 valence electrons. The van der Waals surface area contributed by atoms with Crippen molar-refractivity contribution in [2.24, 2.45) is 0 Å². The molecular weight excluding hydrogens is 337 g/mol. The van der Waals surface area contributed by atoms with Crippen LogP contribution >= 0.6 is 11.8 Å². The van der Waals surface area contributed by atoms with E-state index < -0.39 is 5.51 Å². The number of amides is 2. The molecule has 1 aliphatic rings. The molecule has 0 fully saturated rings. The number of rotatable bonds is 3. The molecule has 0 aliphatic heterocycles. The van der Waals surface area contributed by atoms with Crippen molar-refractivity contribution in [2.75, 3.05) is 5.32 Å². The second-order valence-electron chi connectivity index (χ2n) is 5.54. The smallest absolute Gasteiger partial charge is 0.334 e. The highest BCUT2D eigenvalue weighted by molar-refractivity contribution is 8.00. The van der Waals surface area contributed by atoms with Gasteiger partial charge in [-0.3, -0.25) is 0 Å². The summed E-state index contributed by atoms with van der Waals surface area (Å²) >= 11 is -0.181. The first-order valence-electron chi connectivity index (χ1n) is 7.39. The van der Waals surface area contributed by atoms with Gasteiger partial charge in [0.05, 0.1) is 0 Å². The van der Waals surface area contributed by atoms with Gasteiger partial charge in [-0.15, -0.1) is 0 Å². The van der Waals surface area contributed by atoms with Crippen LogP contribution < -0.4 is 10.6 Å². The summed E-state index contributed by atoms with van der Waals surface area (Å²) in [5, 5.41) is 5.54. The summed E-state index contributed by atoms with van der Waals surface area (Å²) in [5.41, 5.74) is -1.40. The summed E-state index contributed by atoms with van der Waals surface area (Å²) in [6.07, 6.45) is 1.56. The van der Waals surface area contributed by atoms with Crippen molar-refractivity contribution in [3.8, 4) is 0 Å². The first-order valence-corrected chi connectivity index (χ1v) is 8.21. The van der Waals surface area contributed by atoms with Gasteiger partial charge in [0, 0.05) is 16.6 Å². The number of nitrogens with one attached hydrogen (secondary N) is 2. The Hall–Kier alpha value is -2.15. The lowest BCUT2D eigenvalue weighted by Crippen LogP contribution is -2.38. The molecule has 0 atom stereocenters. The number of thioether (sulfide) groups is 1. The fourth-order valence-electron chi connectivity index (χ4n) is 2.75. The number of benzene rings is 2. The van der Waals surface area contributed by atoms with Crippen molar-refractivity contribution in [3.63, 3.8) is 0 Å². The van der Waals surface area contributed by atoms with Crippen LogP contribution in [-0.4, -0.2) is 17.6 Å². The molecule has 3 nitrogen and oxygen atoms in total. The Morgan fingerprint density at radius 2 is 1.58 bits per heavy atom. The van der Waals surface area contributed by atoms with E-state index in [1.807, 2.05) is 24.3 Å². The van der Waals surface area contributed by atoms with Gasteiger partial charge in [0.2, 0.25) is 0 Å². The maximum atomic E-state index is 12.3. The standard InChI is InChI=1S/C17H15F3N2OS/c18-17(19,20)24-15-7-5-13(6-8-15)21-16(23)22-14-9-11-3-1-2-4-12(11)10-14/h1-8,14H,9-10H2,(H2,21,22,23). The Bertz CT molecular complexity index is 706. The number of urea groups is 1. The molecule has 7 heteroatoms. The Kier molecular flexibility index (Phi) is 4.71. The topological polar surface area (TPSA) is 41.1 Å². The SMILES string of the molecule is O=C(Nc1ccc(SC(F)(F)F)cc1)NC1Cc2ccccc2C1. The van der Waals surface area contributed by atoms with Crippen LogP contribution in [0.3, 0.4) is 0 Å². The maximum Gasteiger partial charge on any atom is 0.446 e. The normalized spacial score (nSPS) is 14.3. The van der Waals surface area contributed by atoms with Gasteiger partial charge in [-0.25, -0.2) is 4.79 Å². The Balaban J connectivity index is 1.52. The fourth-order valence-corrected chi connectivity index (χ4v) is 3.29. The van der Waals surface area contributed by atoms with Crippen LogP contribution in [0.15, 0.2) is 53.4 Å². The van der Waals surface area contributed by atoms with E-state index in [1.54, 1.807) is 0 Å². The van der Waals surface area contributed by atoms with Crippen molar-refractivity contribution < 1.29 is 18.0 Å². The van der Waals surface area contributed by atoms with Gasteiger partial charge >= 0.3 is 11.5 Å². The lowest BCUT2D eigenvalue weighted by molar-refractivity contribution is -0.0328. The molecule has 2 N–H and O–H groups in total. The van der Waals surface area contributed by atoms with E-state index in [9.17, 15) is 18.0 Å². The van der Waals surface area contributed by atoms with Crippen LogP contribution in [0, 0.1) is 0 Å². The summed E-state index contributed by atoms with van der Waals surface area (Å²) in [6.45, 7) is 0. The molecule has 0 saturated carbocycles. The van der Waals surface area contributed by atoms with Crippen LogP contribution in [0.4, 0.5) is 23.7 Å². The molecule has 0 radical (unpaired) electrons. The molecule has 0 saturated heterocycles. The molecular formula is C17H15F3N2OS. The zero-order chi connectivity index (χ0) is 17.2. The third-order valence-electron chi connectivity index (χ3n) is 3.73. The molecule has 2 aromatic carbocycles. The first-order chi connectivity index (χ1) is 11.4. The molecule has 0 bridgehead atoms. The molecule has 24 heavy (non-hydrogen) atoms. The summed E-state index contributed by atoms with van der Waals surface area (Å²) < 4.78 is 36.8. The molecule has 1 aliphatic carbocycles. The second-order valence-corrected chi connectivity index (χ2v) is 6.68. The minimum Gasteiger partial charge on any atom is -0.334 e. The summed E-state index contributed by atoms with van der Waals surface area (Å²) in [7, 11) is 0. The van der Waals surface area contributed by atoms with Crippen molar-refractivity contribution in [3.05, 3.63) is 59.7 Å². The third kappa shape index (κ3) is 4.44. The minimum absolute atomic E-state index is 0.0301. The predicted octanol–water partition coefficient (Wildman–Crippen LogP) is 4.59. The van der Waals surface area contributed by atoms with E-state index in [-0.39, 0.29) is 28.7 Å². The monoisotopic (exact) mass is 352 g/mol. The summed E-state index contributed by atoms with van der Waals surface area (Å²) in [4.78, 5) is 12.1. The van der Waals surface area contributed by atoms with Crippen molar-refractivity contribution >= 4 is 23.5 Å². The molecule has 0 spiro atoms. The summed E-state index contributed by atoms with van der Waals surface area (Å²) in [5.74, 6) is 0. The number of halogens is 3. The van der Waals surface area contributed by atoms with Gasteiger partial charge in [-0.1, -0.05) is 24.3 Å². The number of hydrogen-bond donors (Lipinski definition) is 2. The van der Waals surface area contributed by atoms with E-state index in [2.05, 4.69) is 10.6 Å². The number of carbonyl (C=O) groups is 1. The lowest BCUT2D eigenvalue weighted by atomic mass is 10.1. The lowest BCUT2D eigenvalue weighted by Gasteiger charge is -2.13. The molecule has 0 heterocycles. The largest absolute Gasteiger partial charge is 0.446 e. The predicted molar refractivity (Wildman–Crippen MR) is 88.1 cm³/mol. The highest BCUT2D eigenvalue weighted by Crippen LogP contribution is 2.37. The maximum absolute atomic E-state index is 12.3. The average Bonchev–Trinajstić information content (AvgIpc) is 2.89. The minimum atomic E-state index is -4.32. The van der Waals surface area contributed by atoms with E-state index in [1.165, 1.54) is 35.4 Å². The first kappa shape index (κ1) is 16.7. The van der Waals surface area contributed by atoms with Gasteiger partial charge in [-0.2, -0.15) is 13.2 Å². The van der Waals surface area contributed by atoms with Crippen LogP contribution in [-0.2, 0) is 12.8 Å². The second kappa shape index (κ2) is 6.76. The quantitative estimate of drug-likeness (QED) is 0.794. The van der Waals surface area contributed by atoms with Crippen LogP contribution in [0.25, 0.3) is 0 Å². The Morgan fingerprint density at radius 3 is 2.12 bits per heavy atom. The number of alkyl halides is 3. The van der Waals surface area contributed by atoms with Crippen LogP contribution in [0.5, 0.6) is 0 Å². The van der Waals surface area contributed by atoms with Gasteiger partial charge < -0.3 is 10.6 Å². The van der Waals surface area contributed by atoms with Gasteiger partial charge in [0.15, 0.2) is 0 Å². The molecule has 0 unspecified atom stereocenters. The van der Waals surface area contributed by atoms with Crippen molar-refractivity contribution in [1.82, 2.24) is 5.32 Å². The van der Waals surface area contributed by atoms with Crippen molar-refractivity contribution in [1.29, 1.82) is 0 Å². The number of carbonyl (C=O) groups excluding carboxylic acids is 1. The summed E-state index contributed by atoms with van der Waals surface area (Å²) in [6, 6.07) is 13.3. The average molecular weight is 352 g/mol. The molecule has 3 rings (SSSR count). The van der Waals surface area contributed by atoms with E-state index >= 15 is 0 Å². The number of fused-ring (bicyclic) bond motifs is 1. The fraction of sp³-hybridized carbons (Fsp3) is 0.235. The molecule has 2 amide bonds. The molecule has 2 aromatic rings. The van der Waals surface area contributed by atoms with Gasteiger partial charge in [0.1, 0.15) is 0 Å². The highest BCUT2D eigenvalue weighted by Gasteiger charge is 2.29. The van der Waals surface area contributed by atoms with Crippen LogP contribution in [0.2, 0.25) is 0 Å². The van der Waals surface area contributed by atoms with E-state index in [0.29, 0.717) is 5.69 Å². The van der Waals surface area contributed by atoms with Gasteiger partial charge in [0.25, 0.3) is 0 Å².